The molecule has 36 heavy (non-hydrogen) atoms. The first kappa shape index (κ1) is 24.9. The molecule has 1 aromatic carbocycles. The van der Waals surface area contributed by atoms with Crippen molar-refractivity contribution in [2.45, 2.75) is 96.9 Å². The molecule has 192 valence electrons. The monoisotopic (exact) mass is 486 g/mol. The molecule has 0 bridgehead atoms. The summed E-state index contributed by atoms with van der Waals surface area (Å²) in [6.07, 6.45) is 20.3. The largest absolute Gasteiger partial charge is 0.371 e. The molecule has 0 radical (unpaired) electrons. The molecule has 0 atom stereocenters. The molecule has 1 saturated carbocycles. The Balaban J connectivity index is 1.20. The molecular formula is C30H42N6. The molecule has 1 aliphatic carbocycles. The highest BCUT2D eigenvalue weighted by Crippen LogP contribution is 2.33. The second-order valence-corrected chi connectivity index (χ2v) is 10.9. The molecule has 0 unspecified atom stereocenters. The molecule has 2 fully saturated rings. The van der Waals surface area contributed by atoms with Gasteiger partial charge in [0.2, 0.25) is 5.95 Å². The number of unbranched alkanes of at least 4 members (excludes halogenated alkanes) is 2. The van der Waals surface area contributed by atoms with Gasteiger partial charge in [0.05, 0.1) is 11.0 Å². The van der Waals surface area contributed by atoms with Gasteiger partial charge in [-0.05, 0) is 100 Å². The summed E-state index contributed by atoms with van der Waals surface area (Å²) in [6.45, 7) is 6.68. The van der Waals surface area contributed by atoms with E-state index in [2.05, 4.69) is 46.2 Å². The number of aromatic nitrogens is 4. The third kappa shape index (κ3) is 6.13. The highest BCUT2D eigenvalue weighted by atomic mass is 15.1. The molecule has 6 heteroatoms. The van der Waals surface area contributed by atoms with Crippen LogP contribution in [0.4, 0.5) is 11.6 Å². The maximum absolute atomic E-state index is 4.78. The summed E-state index contributed by atoms with van der Waals surface area (Å²) in [5, 5.41) is 3.63. The minimum absolute atomic E-state index is 0.461. The summed E-state index contributed by atoms with van der Waals surface area (Å²) in [6, 6.07) is 5.11. The number of nitrogens with zero attached hydrogens (tertiary/aromatic N) is 5. The molecule has 6 nitrogen and oxygen atoms in total. The Labute approximate surface area is 216 Å². The number of fused-ring (bicyclic) bond motifs is 1. The molecule has 1 aliphatic heterocycles. The number of benzene rings is 1. The van der Waals surface area contributed by atoms with E-state index in [9.17, 15) is 0 Å². The fraction of sp³-hybridized carbons (Fsp3) is 0.600. The molecule has 2 aliphatic rings. The van der Waals surface area contributed by atoms with Gasteiger partial charge in [-0.3, -0.25) is 9.97 Å². The van der Waals surface area contributed by atoms with Gasteiger partial charge in [0.25, 0.3) is 0 Å². The lowest BCUT2D eigenvalue weighted by Gasteiger charge is -2.31. The molecule has 1 N–H and O–H groups in total. The fourth-order valence-corrected chi connectivity index (χ4v) is 6.00. The Hall–Kier alpha value is -2.76. The van der Waals surface area contributed by atoms with E-state index in [0.717, 1.165) is 48.6 Å². The van der Waals surface area contributed by atoms with Gasteiger partial charge < -0.3 is 10.2 Å². The van der Waals surface area contributed by atoms with Gasteiger partial charge in [0.15, 0.2) is 0 Å². The van der Waals surface area contributed by atoms with Gasteiger partial charge in [-0.2, -0.15) is 0 Å². The van der Waals surface area contributed by atoms with E-state index in [0.29, 0.717) is 12.0 Å². The van der Waals surface area contributed by atoms with E-state index in [4.69, 9.17) is 9.97 Å². The molecule has 3 aromatic rings. The molecule has 0 spiro atoms. The average Bonchev–Trinajstić information content (AvgIpc) is 2.91. The van der Waals surface area contributed by atoms with E-state index in [-0.39, 0.29) is 0 Å². The Morgan fingerprint density at radius 1 is 0.917 bits per heavy atom. The minimum Gasteiger partial charge on any atom is -0.371 e. The Morgan fingerprint density at radius 2 is 1.72 bits per heavy atom. The maximum atomic E-state index is 4.78. The van der Waals surface area contributed by atoms with Crippen molar-refractivity contribution >= 4 is 22.7 Å². The van der Waals surface area contributed by atoms with Gasteiger partial charge in [-0.15, -0.1) is 0 Å². The van der Waals surface area contributed by atoms with E-state index in [1.807, 2.05) is 18.6 Å². The van der Waals surface area contributed by atoms with E-state index >= 15 is 0 Å². The smallest absolute Gasteiger partial charge is 0.223 e. The third-order valence-electron chi connectivity index (χ3n) is 8.18. The molecule has 0 amide bonds. The van der Waals surface area contributed by atoms with Crippen LogP contribution >= 0.6 is 0 Å². The van der Waals surface area contributed by atoms with Crippen LogP contribution < -0.4 is 10.2 Å². The zero-order valence-electron chi connectivity index (χ0n) is 22.2. The number of rotatable bonds is 9. The zero-order chi connectivity index (χ0) is 24.7. The number of hydrogen-bond donors (Lipinski definition) is 1. The normalized spacial score (nSPS) is 20.6. The topological polar surface area (TPSA) is 66.8 Å². The van der Waals surface area contributed by atoms with Crippen molar-refractivity contribution in [3.63, 3.8) is 0 Å². The van der Waals surface area contributed by atoms with Gasteiger partial charge in [-0.1, -0.05) is 19.8 Å². The van der Waals surface area contributed by atoms with Crippen LogP contribution in [0.5, 0.6) is 0 Å². The summed E-state index contributed by atoms with van der Waals surface area (Å²) >= 11 is 0. The zero-order valence-corrected chi connectivity index (χ0v) is 22.2. The third-order valence-corrected chi connectivity index (χ3v) is 8.18. The number of piperidine rings is 1. The predicted octanol–water partition coefficient (Wildman–Crippen LogP) is 6.66. The van der Waals surface area contributed by atoms with Gasteiger partial charge in [0, 0.05) is 49.1 Å². The molecule has 5 rings (SSSR count). The van der Waals surface area contributed by atoms with Crippen molar-refractivity contribution in [3.05, 3.63) is 47.5 Å². The summed E-state index contributed by atoms with van der Waals surface area (Å²) in [5.74, 6) is 1.49. The first-order valence-electron chi connectivity index (χ1n) is 14.3. The van der Waals surface area contributed by atoms with Crippen LogP contribution in [0.2, 0.25) is 0 Å². The number of nitrogens with one attached hydrogen (secondary N) is 1. The van der Waals surface area contributed by atoms with Crippen molar-refractivity contribution in [2.75, 3.05) is 23.3 Å². The Bertz CT molecular complexity index is 1130. The minimum atomic E-state index is 0.461. The quantitative estimate of drug-likeness (QED) is 0.341. The predicted molar refractivity (Wildman–Crippen MR) is 149 cm³/mol. The lowest BCUT2D eigenvalue weighted by Crippen LogP contribution is -2.29. The van der Waals surface area contributed by atoms with Crippen LogP contribution in [0.15, 0.2) is 30.7 Å². The van der Waals surface area contributed by atoms with Crippen molar-refractivity contribution in [1.29, 1.82) is 0 Å². The lowest BCUT2D eigenvalue weighted by molar-refractivity contribution is 0.336. The standard InChI is InChI=1S/C30H42N6/c1-3-4-6-9-24-21-33-30(34-22(24)2)35-26-12-10-23(11-13-26)18-25-19-27(36-16-7-5-8-17-36)20-28-29(25)32-15-14-31-28/h14-15,19-21,23,26H,3-13,16-18H2,1-2H3,(H,33,34,35)/t23-,26+. The van der Waals surface area contributed by atoms with Crippen molar-refractivity contribution in [1.82, 2.24) is 19.9 Å². The second-order valence-electron chi connectivity index (χ2n) is 10.9. The molecule has 3 heterocycles. The summed E-state index contributed by atoms with van der Waals surface area (Å²) in [5.41, 5.74) is 7.24. The number of aryl methyl sites for hydroxylation is 2. The molecular weight excluding hydrogens is 444 g/mol. The highest BCUT2D eigenvalue weighted by molar-refractivity contribution is 5.82. The molecule has 1 saturated heterocycles. The average molecular weight is 487 g/mol. The van der Waals surface area contributed by atoms with Crippen molar-refractivity contribution in [3.8, 4) is 0 Å². The fourth-order valence-electron chi connectivity index (χ4n) is 6.00. The summed E-state index contributed by atoms with van der Waals surface area (Å²) in [7, 11) is 0. The van der Waals surface area contributed by atoms with Crippen LogP contribution in [0, 0.1) is 12.8 Å². The van der Waals surface area contributed by atoms with Crippen LogP contribution in [-0.2, 0) is 12.8 Å². The van der Waals surface area contributed by atoms with E-state index < -0.39 is 0 Å². The lowest BCUT2D eigenvalue weighted by atomic mass is 9.82. The Kier molecular flexibility index (Phi) is 8.29. The van der Waals surface area contributed by atoms with Gasteiger partial charge in [-0.25, -0.2) is 9.97 Å². The van der Waals surface area contributed by atoms with Crippen molar-refractivity contribution < 1.29 is 0 Å². The Morgan fingerprint density at radius 3 is 2.50 bits per heavy atom. The number of anilines is 2. The highest BCUT2D eigenvalue weighted by Gasteiger charge is 2.24. The van der Waals surface area contributed by atoms with Crippen LogP contribution in [-0.4, -0.2) is 39.1 Å². The van der Waals surface area contributed by atoms with Gasteiger partial charge in [0.1, 0.15) is 0 Å². The first-order chi connectivity index (χ1) is 17.7. The van der Waals surface area contributed by atoms with E-state index in [1.54, 1.807) is 0 Å². The SMILES string of the molecule is CCCCCc1cnc(N[C@H]2CC[C@@H](Cc3cc(N4CCCCC4)cc4nccnc34)CC2)nc1C. The summed E-state index contributed by atoms with van der Waals surface area (Å²) in [4.78, 5) is 21.4. The number of hydrogen-bond acceptors (Lipinski definition) is 6. The van der Waals surface area contributed by atoms with Gasteiger partial charge >= 0.3 is 0 Å². The molecule has 2 aromatic heterocycles. The van der Waals surface area contributed by atoms with E-state index in [1.165, 1.54) is 81.0 Å². The van der Waals surface area contributed by atoms with Crippen LogP contribution in [0.25, 0.3) is 11.0 Å². The summed E-state index contributed by atoms with van der Waals surface area (Å²) < 4.78 is 0. The van der Waals surface area contributed by atoms with Crippen molar-refractivity contribution in [2.24, 2.45) is 5.92 Å². The first-order valence-corrected chi connectivity index (χ1v) is 14.3. The van der Waals surface area contributed by atoms with Crippen LogP contribution in [0.3, 0.4) is 0 Å². The second kappa shape index (κ2) is 12.0. The maximum Gasteiger partial charge on any atom is 0.223 e. The van der Waals surface area contributed by atoms with Crippen LogP contribution in [0.1, 0.15) is 88.0 Å².